The zero-order valence-electron chi connectivity index (χ0n) is 13.8. The Hall–Kier alpha value is -3.43. The van der Waals surface area contributed by atoms with Gasteiger partial charge in [-0.2, -0.15) is 5.26 Å². The van der Waals surface area contributed by atoms with E-state index in [1.807, 2.05) is 13.0 Å². The summed E-state index contributed by atoms with van der Waals surface area (Å²) in [6.07, 6.45) is 2.87. The van der Waals surface area contributed by atoms with Crippen LogP contribution in [0, 0.1) is 18.3 Å². The number of carbonyl (C=O) groups excluding carboxylic acids is 1. The average molecular weight is 364 g/mol. The van der Waals surface area contributed by atoms with Gasteiger partial charge in [0.2, 0.25) is 5.95 Å². The largest absolute Gasteiger partial charge is 0.324 e. The monoisotopic (exact) mass is 363 g/mol. The van der Waals surface area contributed by atoms with Crippen molar-refractivity contribution < 1.29 is 4.79 Å². The molecule has 7 heteroatoms. The van der Waals surface area contributed by atoms with E-state index in [0.717, 1.165) is 11.3 Å². The molecule has 6 nitrogen and oxygen atoms in total. The molecule has 0 aliphatic rings. The highest BCUT2D eigenvalue weighted by molar-refractivity contribution is 6.31. The first kappa shape index (κ1) is 17.4. The van der Waals surface area contributed by atoms with E-state index in [0.29, 0.717) is 27.8 Å². The molecule has 0 atom stereocenters. The predicted octanol–water partition coefficient (Wildman–Crippen LogP) is 4.31. The highest BCUT2D eigenvalue weighted by atomic mass is 35.5. The minimum Gasteiger partial charge on any atom is -0.324 e. The highest BCUT2D eigenvalue weighted by Gasteiger charge is 2.09. The van der Waals surface area contributed by atoms with Crippen LogP contribution in [0.15, 0.2) is 54.9 Å². The molecular formula is C19H14ClN5O. The maximum absolute atomic E-state index is 12.3. The van der Waals surface area contributed by atoms with Gasteiger partial charge in [0.05, 0.1) is 17.2 Å². The molecule has 1 aromatic heterocycles. The molecule has 3 aromatic rings. The molecule has 0 spiro atoms. The Morgan fingerprint density at radius 3 is 2.35 bits per heavy atom. The van der Waals surface area contributed by atoms with Gasteiger partial charge in [-0.25, -0.2) is 9.97 Å². The number of anilines is 3. The number of benzene rings is 2. The molecule has 0 unspecified atom stereocenters. The van der Waals surface area contributed by atoms with E-state index in [9.17, 15) is 4.79 Å². The lowest BCUT2D eigenvalue weighted by Crippen LogP contribution is -2.13. The number of hydrogen-bond donors (Lipinski definition) is 2. The van der Waals surface area contributed by atoms with E-state index in [1.54, 1.807) is 36.4 Å². The molecule has 1 heterocycles. The van der Waals surface area contributed by atoms with Gasteiger partial charge in [0.15, 0.2) is 0 Å². The first-order valence-corrected chi connectivity index (χ1v) is 8.10. The Kier molecular flexibility index (Phi) is 5.11. The van der Waals surface area contributed by atoms with Crippen LogP contribution in [0.25, 0.3) is 0 Å². The van der Waals surface area contributed by atoms with Crippen LogP contribution in [0.1, 0.15) is 21.5 Å². The zero-order chi connectivity index (χ0) is 18.5. The summed E-state index contributed by atoms with van der Waals surface area (Å²) in [5, 5.41) is 15.1. The summed E-state index contributed by atoms with van der Waals surface area (Å²) in [6.45, 7) is 1.89. The summed E-state index contributed by atoms with van der Waals surface area (Å²) in [4.78, 5) is 20.5. The molecule has 3 rings (SSSR count). The van der Waals surface area contributed by atoms with Crippen LogP contribution in [0.5, 0.6) is 0 Å². The summed E-state index contributed by atoms with van der Waals surface area (Å²) in [7, 11) is 0. The molecule has 2 aromatic carbocycles. The molecule has 1 amide bonds. The van der Waals surface area contributed by atoms with Crippen molar-refractivity contribution in [2.75, 3.05) is 10.6 Å². The average Bonchev–Trinajstić information content (AvgIpc) is 2.66. The third-order valence-corrected chi connectivity index (χ3v) is 4.02. The van der Waals surface area contributed by atoms with Crippen molar-refractivity contribution in [3.05, 3.63) is 76.6 Å². The molecule has 0 aliphatic carbocycles. The Balaban J connectivity index is 1.67. The second kappa shape index (κ2) is 7.64. The summed E-state index contributed by atoms with van der Waals surface area (Å²) < 4.78 is 0. The Morgan fingerprint density at radius 1 is 1.08 bits per heavy atom. The molecule has 0 aliphatic heterocycles. The van der Waals surface area contributed by atoms with Gasteiger partial charge in [-0.05, 0) is 48.9 Å². The van der Waals surface area contributed by atoms with Gasteiger partial charge in [0.25, 0.3) is 5.91 Å². The van der Waals surface area contributed by atoms with Crippen LogP contribution in [0.4, 0.5) is 17.3 Å². The van der Waals surface area contributed by atoms with Gasteiger partial charge in [-0.3, -0.25) is 4.79 Å². The van der Waals surface area contributed by atoms with Gasteiger partial charge in [0.1, 0.15) is 0 Å². The van der Waals surface area contributed by atoms with E-state index in [-0.39, 0.29) is 5.91 Å². The third kappa shape index (κ3) is 4.15. The lowest BCUT2D eigenvalue weighted by molar-refractivity contribution is 0.102. The first-order chi connectivity index (χ1) is 12.5. The van der Waals surface area contributed by atoms with Crippen LogP contribution in [-0.4, -0.2) is 15.9 Å². The van der Waals surface area contributed by atoms with Gasteiger partial charge < -0.3 is 10.6 Å². The standard InChI is InChI=1S/C19H14ClN5O/c1-12-2-5-16(8-17(12)20)24-18(26)14-10-22-19(23-11-14)25-15-6-3-13(9-21)4-7-15/h2-8,10-11H,1H3,(H,24,26)(H,22,23,25). The topological polar surface area (TPSA) is 90.7 Å². The maximum Gasteiger partial charge on any atom is 0.258 e. The lowest BCUT2D eigenvalue weighted by atomic mass is 10.2. The summed E-state index contributed by atoms with van der Waals surface area (Å²) >= 11 is 6.06. The third-order valence-electron chi connectivity index (χ3n) is 3.61. The second-order valence-electron chi connectivity index (χ2n) is 5.53. The Morgan fingerprint density at radius 2 is 1.73 bits per heavy atom. The number of nitriles is 1. The van der Waals surface area contributed by atoms with Crippen LogP contribution in [-0.2, 0) is 0 Å². The summed E-state index contributed by atoms with van der Waals surface area (Å²) in [5.41, 5.74) is 3.18. The minimum atomic E-state index is -0.324. The molecule has 0 bridgehead atoms. The fourth-order valence-corrected chi connectivity index (χ4v) is 2.32. The number of hydrogen-bond acceptors (Lipinski definition) is 5. The lowest BCUT2D eigenvalue weighted by Gasteiger charge is -2.08. The van der Waals surface area contributed by atoms with Gasteiger partial charge in [0, 0.05) is 28.8 Å². The summed E-state index contributed by atoms with van der Waals surface area (Å²) in [6, 6.07) is 14.2. The van der Waals surface area contributed by atoms with Crippen molar-refractivity contribution in [2.45, 2.75) is 6.92 Å². The van der Waals surface area contributed by atoms with Crippen LogP contribution >= 0.6 is 11.6 Å². The van der Waals surface area contributed by atoms with Crippen molar-refractivity contribution in [1.82, 2.24) is 9.97 Å². The number of amides is 1. The highest BCUT2D eigenvalue weighted by Crippen LogP contribution is 2.20. The van der Waals surface area contributed by atoms with Crippen LogP contribution in [0.3, 0.4) is 0 Å². The molecule has 2 N–H and O–H groups in total. The smallest absolute Gasteiger partial charge is 0.258 e. The van der Waals surface area contributed by atoms with Crippen molar-refractivity contribution >= 4 is 34.8 Å². The van der Waals surface area contributed by atoms with Crippen LogP contribution in [0.2, 0.25) is 5.02 Å². The van der Waals surface area contributed by atoms with Gasteiger partial charge in [-0.15, -0.1) is 0 Å². The normalized spacial score (nSPS) is 10.0. The van der Waals surface area contributed by atoms with Gasteiger partial charge >= 0.3 is 0 Å². The second-order valence-corrected chi connectivity index (χ2v) is 5.93. The minimum absolute atomic E-state index is 0.324. The number of nitrogens with one attached hydrogen (secondary N) is 2. The predicted molar refractivity (Wildman–Crippen MR) is 101 cm³/mol. The molecule has 26 heavy (non-hydrogen) atoms. The van der Waals surface area contributed by atoms with Crippen molar-refractivity contribution in [1.29, 1.82) is 5.26 Å². The van der Waals surface area contributed by atoms with E-state index in [4.69, 9.17) is 16.9 Å². The number of carbonyl (C=O) groups is 1. The first-order valence-electron chi connectivity index (χ1n) is 7.72. The molecule has 128 valence electrons. The van der Waals surface area contributed by atoms with Crippen LogP contribution < -0.4 is 10.6 Å². The van der Waals surface area contributed by atoms with Crippen molar-refractivity contribution in [2.24, 2.45) is 0 Å². The molecule has 0 saturated carbocycles. The van der Waals surface area contributed by atoms with E-state index in [2.05, 4.69) is 26.7 Å². The van der Waals surface area contributed by atoms with Crippen molar-refractivity contribution in [3.63, 3.8) is 0 Å². The number of aryl methyl sites for hydroxylation is 1. The van der Waals surface area contributed by atoms with Gasteiger partial charge in [-0.1, -0.05) is 17.7 Å². The van der Waals surface area contributed by atoms with Crippen molar-refractivity contribution in [3.8, 4) is 6.07 Å². The zero-order valence-corrected chi connectivity index (χ0v) is 14.6. The fraction of sp³-hybridized carbons (Fsp3) is 0.0526. The quantitative estimate of drug-likeness (QED) is 0.720. The number of nitrogens with zero attached hydrogens (tertiary/aromatic N) is 3. The molecular weight excluding hydrogens is 350 g/mol. The van der Waals surface area contributed by atoms with E-state index < -0.39 is 0 Å². The number of aromatic nitrogens is 2. The Labute approximate surface area is 155 Å². The number of rotatable bonds is 4. The van der Waals surface area contributed by atoms with E-state index >= 15 is 0 Å². The maximum atomic E-state index is 12.3. The molecule has 0 saturated heterocycles. The Bertz CT molecular complexity index is 978. The fourth-order valence-electron chi connectivity index (χ4n) is 2.14. The SMILES string of the molecule is Cc1ccc(NC(=O)c2cnc(Nc3ccc(C#N)cc3)nc2)cc1Cl. The number of halogens is 1. The summed E-state index contributed by atoms with van der Waals surface area (Å²) in [5.74, 6) is 0.0273. The molecule has 0 radical (unpaired) electrons. The van der Waals surface area contributed by atoms with E-state index in [1.165, 1.54) is 12.4 Å². The molecule has 0 fully saturated rings.